The van der Waals surface area contributed by atoms with Crippen LogP contribution in [0.3, 0.4) is 0 Å². The molecule has 0 aromatic heterocycles. The van der Waals surface area contributed by atoms with Crippen LogP contribution in [0, 0.1) is 5.92 Å². The molecule has 0 spiro atoms. The number of phenolic OH excluding ortho intramolecular Hbond substituents is 1. The van der Waals surface area contributed by atoms with Gasteiger partial charge in [0.05, 0.1) is 6.04 Å². The van der Waals surface area contributed by atoms with Crippen molar-refractivity contribution < 1.29 is 34.2 Å². The minimum atomic E-state index is -1.23. The molecule has 17 nitrogen and oxygen atoms in total. The van der Waals surface area contributed by atoms with Crippen molar-refractivity contribution >= 4 is 35.6 Å². The van der Waals surface area contributed by atoms with Gasteiger partial charge in [0.15, 0.2) is 5.96 Å². The Hall–Kier alpha value is -4.48. The fourth-order valence-corrected chi connectivity index (χ4v) is 5.03. The minimum absolute atomic E-state index is 0.0669. The van der Waals surface area contributed by atoms with Crippen molar-refractivity contribution in [3.8, 4) is 5.75 Å². The predicted molar refractivity (Wildman–Crippen MR) is 190 cm³/mol. The van der Waals surface area contributed by atoms with E-state index in [-0.39, 0.29) is 56.3 Å². The fourth-order valence-electron chi connectivity index (χ4n) is 5.03. The van der Waals surface area contributed by atoms with Crippen molar-refractivity contribution in [3.05, 3.63) is 29.8 Å². The topological polar surface area (TPSA) is 316 Å². The Morgan fingerprint density at radius 2 is 1.24 bits per heavy atom. The van der Waals surface area contributed by atoms with Gasteiger partial charge in [-0.2, -0.15) is 0 Å². The Balaban J connectivity index is 3.19. The van der Waals surface area contributed by atoms with Crippen LogP contribution in [0.1, 0.15) is 77.2 Å². The Morgan fingerprint density at radius 3 is 1.74 bits per heavy atom. The van der Waals surface area contributed by atoms with Crippen molar-refractivity contribution in [2.75, 3.05) is 19.6 Å². The van der Waals surface area contributed by atoms with Gasteiger partial charge in [-0.1, -0.05) is 32.4 Å². The number of rotatable bonds is 25. The number of aliphatic carboxylic acids is 1. The van der Waals surface area contributed by atoms with E-state index in [2.05, 4.69) is 26.3 Å². The van der Waals surface area contributed by atoms with Gasteiger partial charge in [0.25, 0.3) is 0 Å². The van der Waals surface area contributed by atoms with E-state index in [0.717, 1.165) is 0 Å². The summed E-state index contributed by atoms with van der Waals surface area (Å²) in [5.74, 6) is -4.22. The number of guanidine groups is 1. The molecule has 0 saturated carbocycles. The van der Waals surface area contributed by atoms with Crippen molar-refractivity contribution in [2.24, 2.45) is 39.6 Å². The number of nitrogens with one attached hydrogen (secondary N) is 4. The van der Waals surface area contributed by atoms with Crippen LogP contribution in [0.25, 0.3) is 0 Å². The molecule has 1 aromatic carbocycles. The summed E-state index contributed by atoms with van der Waals surface area (Å²) in [6, 6.07) is 0.729. The quantitative estimate of drug-likeness (QED) is 0.0319. The van der Waals surface area contributed by atoms with Gasteiger partial charge in [-0.25, -0.2) is 4.79 Å². The van der Waals surface area contributed by atoms with Gasteiger partial charge in [-0.3, -0.25) is 24.2 Å². The van der Waals surface area contributed by atoms with Gasteiger partial charge in [-0.15, -0.1) is 0 Å². The number of carboxylic acids is 1. The summed E-state index contributed by atoms with van der Waals surface area (Å²) >= 11 is 0. The Morgan fingerprint density at radius 1 is 0.740 bits per heavy atom. The van der Waals surface area contributed by atoms with Gasteiger partial charge in [0.1, 0.15) is 29.9 Å². The standard InChI is InChI=1S/C33H58N10O7/c1-3-20(2)27(43-28(45)23(36)19-21-12-14-22(44)15-13-21)31(48)41-24(9-4-6-16-34)29(46)40-25(11-8-18-39-33(37)38)30(47)42-26(32(49)50)10-5-7-17-35/h12-15,20,23-27,44H,3-11,16-19,34-36H2,1-2H3,(H,40,46)(H,41,48)(H,42,47)(H,43,45)(H,49,50)(H4,37,38,39)/t20-,23-,24-,25-,26-,27-/m0/s1. The number of amides is 4. The molecule has 16 N–H and O–H groups in total. The highest BCUT2D eigenvalue weighted by Gasteiger charge is 2.33. The highest BCUT2D eigenvalue weighted by atomic mass is 16.4. The molecule has 1 aromatic rings. The molecule has 0 fully saturated rings. The third-order valence-electron chi connectivity index (χ3n) is 8.24. The van der Waals surface area contributed by atoms with Gasteiger partial charge in [0.2, 0.25) is 23.6 Å². The minimum Gasteiger partial charge on any atom is -0.508 e. The first-order valence-corrected chi connectivity index (χ1v) is 17.2. The number of carboxylic acid groups (broad SMARTS) is 1. The largest absolute Gasteiger partial charge is 0.508 e. The van der Waals surface area contributed by atoms with Crippen LogP contribution in [-0.2, 0) is 30.4 Å². The highest BCUT2D eigenvalue weighted by Crippen LogP contribution is 2.14. The Bertz CT molecular complexity index is 1240. The second-order valence-corrected chi connectivity index (χ2v) is 12.4. The van der Waals surface area contributed by atoms with E-state index in [1.807, 2.05) is 6.92 Å². The maximum atomic E-state index is 13.7. The number of carbonyl (C=O) groups is 5. The lowest BCUT2D eigenvalue weighted by Gasteiger charge is -2.28. The van der Waals surface area contributed by atoms with Crippen molar-refractivity contribution in [1.29, 1.82) is 0 Å². The lowest BCUT2D eigenvalue weighted by molar-refractivity contribution is -0.142. The molecule has 6 atom stereocenters. The molecule has 17 heteroatoms. The van der Waals surface area contributed by atoms with Gasteiger partial charge in [-0.05, 0) is 94.5 Å². The fraction of sp³-hybridized carbons (Fsp3) is 0.636. The lowest BCUT2D eigenvalue weighted by atomic mass is 9.96. The van der Waals surface area contributed by atoms with Crippen LogP contribution in [0.5, 0.6) is 5.75 Å². The maximum absolute atomic E-state index is 13.7. The summed E-state index contributed by atoms with van der Waals surface area (Å²) in [5.41, 5.74) is 28.9. The number of aromatic hydroxyl groups is 1. The molecule has 4 amide bonds. The molecule has 0 aliphatic carbocycles. The molecule has 0 bridgehead atoms. The monoisotopic (exact) mass is 706 g/mol. The third-order valence-corrected chi connectivity index (χ3v) is 8.24. The van der Waals surface area contributed by atoms with E-state index in [1.165, 1.54) is 12.1 Å². The van der Waals surface area contributed by atoms with Gasteiger partial charge in [0, 0.05) is 6.54 Å². The first-order chi connectivity index (χ1) is 23.7. The number of nitrogens with two attached hydrogens (primary N) is 5. The van der Waals surface area contributed by atoms with Crippen molar-refractivity contribution in [2.45, 2.75) is 108 Å². The van der Waals surface area contributed by atoms with Gasteiger partial charge >= 0.3 is 5.97 Å². The van der Waals surface area contributed by atoms with Crippen LogP contribution in [0.15, 0.2) is 29.3 Å². The lowest BCUT2D eigenvalue weighted by Crippen LogP contribution is -2.59. The van der Waals surface area contributed by atoms with Crippen LogP contribution in [-0.4, -0.2) is 95.6 Å². The molecular weight excluding hydrogens is 648 g/mol. The molecule has 0 radical (unpaired) electrons. The van der Waals surface area contributed by atoms with Crippen LogP contribution in [0.2, 0.25) is 0 Å². The molecule has 0 heterocycles. The first kappa shape index (κ1) is 43.5. The summed E-state index contributed by atoms with van der Waals surface area (Å²) in [7, 11) is 0. The average molecular weight is 707 g/mol. The average Bonchev–Trinajstić information content (AvgIpc) is 3.07. The second kappa shape index (κ2) is 23.8. The SMILES string of the molecule is CC[C@H](C)[C@H](NC(=O)[C@@H](N)Cc1ccc(O)cc1)C(=O)N[C@@H](CCCCN)C(=O)N[C@@H](CCCN=C(N)N)C(=O)N[C@@H](CCCCN)C(=O)O. The molecule has 0 aliphatic rings. The Kier molecular flexibility index (Phi) is 20.7. The van der Waals surface area contributed by atoms with E-state index >= 15 is 0 Å². The predicted octanol–water partition coefficient (Wildman–Crippen LogP) is -1.36. The number of carbonyl (C=O) groups excluding carboxylic acids is 4. The second-order valence-electron chi connectivity index (χ2n) is 12.4. The first-order valence-electron chi connectivity index (χ1n) is 17.2. The third kappa shape index (κ3) is 16.8. The summed E-state index contributed by atoms with van der Waals surface area (Å²) < 4.78 is 0. The van der Waals surface area contributed by atoms with Crippen LogP contribution < -0.4 is 49.9 Å². The molecule has 282 valence electrons. The van der Waals surface area contributed by atoms with Crippen molar-refractivity contribution in [3.63, 3.8) is 0 Å². The Labute approximate surface area is 293 Å². The zero-order valence-corrected chi connectivity index (χ0v) is 29.2. The summed E-state index contributed by atoms with van der Waals surface area (Å²) in [6.07, 6.45) is 3.41. The highest BCUT2D eigenvalue weighted by molar-refractivity contribution is 5.95. The molecule has 0 unspecified atom stereocenters. The van der Waals surface area contributed by atoms with Crippen molar-refractivity contribution in [1.82, 2.24) is 21.3 Å². The van der Waals surface area contributed by atoms with E-state index < -0.39 is 59.8 Å². The zero-order valence-electron chi connectivity index (χ0n) is 29.2. The number of aliphatic imine (C=N–C) groups is 1. The summed E-state index contributed by atoms with van der Waals surface area (Å²) in [4.78, 5) is 69.7. The summed E-state index contributed by atoms with van der Waals surface area (Å²) in [6.45, 7) is 4.51. The van der Waals surface area contributed by atoms with Crippen LogP contribution in [0.4, 0.5) is 0 Å². The van der Waals surface area contributed by atoms with E-state index in [9.17, 15) is 34.2 Å². The van der Waals surface area contributed by atoms with E-state index in [4.69, 9.17) is 28.7 Å². The molecule has 50 heavy (non-hydrogen) atoms. The number of nitrogens with zero attached hydrogens (tertiary/aromatic N) is 1. The summed E-state index contributed by atoms with van der Waals surface area (Å²) in [5, 5.41) is 29.9. The molecule has 1 rings (SSSR count). The van der Waals surface area contributed by atoms with Crippen LogP contribution >= 0.6 is 0 Å². The number of unbranched alkanes of at least 4 members (excludes halogenated alkanes) is 2. The number of hydrogen-bond acceptors (Lipinski definition) is 10. The molecule has 0 saturated heterocycles. The smallest absolute Gasteiger partial charge is 0.326 e. The molecular formula is C33H58N10O7. The van der Waals surface area contributed by atoms with E-state index in [1.54, 1.807) is 19.1 Å². The maximum Gasteiger partial charge on any atom is 0.326 e. The number of benzene rings is 1. The van der Waals surface area contributed by atoms with Gasteiger partial charge < -0.3 is 60.1 Å². The number of phenols is 1. The van der Waals surface area contributed by atoms with E-state index in [0.29, 0.717) is 50.8 Å². The normalized spacial score (nSPS) is 14.6. The zero-order chi connectivity index (χ0) is 37.6. The molecule has 0 aliphatic heterocycles. The number of hydrogen-bond donors (Lipinski definition) is 11.